The summed E-state index contributed by atoms with van der Waals surface area (Å²) in [5.41, 5.74) is 6.18. The molecule has 1 N–H and O–H groups in total. The van der Waals surface area contributed by atoms with Gasteiger partial charge in [0.1, 0.15) is 0 Å². The number of methoxy groups -OCH3 is 1. The number of carbonyl (C=O) groups excluding carboxylic acids is 2. The van der Waals surface area contributed by atoms with Crippen molar-refractivity contribution in [3.8, 4) is 0 Å². The Morgan fingerprint density at radius 3 is 2.56 bits per heavy atom. The van der Waals surface area contributed by atoms with Crippen LogP contribution in [0, 0.1) is 13.8 Å². The molecule has 0 fully saturated rings. The van der Waals surface area contributed by atoms with Crippen LogP contribution >= 0.6 is 11.8 Å². The third-order valence-electron chi connectivity index (χ3n) is 6.14. The van der Waals surface area contributed by atoms with Crippen LogP contribution < -0.4 is 5.32 Å². The molecule has 2 aliphatic rings. The number of aliphatic imine (C=N–C) groups is 1. The fourth-order valence-corrected chi connectivity index (χ4v) is 5.41. The molecule has 0 aliphatic carbocycles. The van der Waals surface area contributed by atoms with Gasteiger partial charge in [-0.2, -0.15) is 0 Å². The van der Waals surface area contributed by atoms with E-state index in [0.29, 0.717) is 11.3 Å². The van der Waals surface area contributed by atoms with Crippen molar-refractivity contribution in [3.05, 3.63) is 93.2 Å². The number of allylic oxidation sites excluding steroid dienone is 1. The maximum atomic E-state index is 13.0. The molecular formula is C27H29N3O3S. The summed E-state index contributed by atoms with van der Waals surface area (Å²) in [6.07, 6.45) is 0.179. The van der Waals surface area contributed by atoms with Crippen LogP contribution in [0.3, 0.4) is 0 Å². The van der Waals surface area contributed by atoms with Crippen LogP contribution in [0.2, 0.25) is 0 Å². The molecule has 0 saturated heterocycles. The highest BCUT2D eigenvalue weighted by molar-refractivity contribution is 8.16. The number of hydrogen-bond acceptors (Lipinski definition) is 6. The van der Waals surface area contributed by atoms with Crippen LogP contribution in [-0.2, 0) is 14.3 Å². The average molecular weight is 476 g/mol. The molecule has 34 heavy (non-hydrogen) atoms. The van der Waals surface area contributed by atoms with Gasteiger partial charge in [0.05, 0.1) is 36.9 Å². The number of rotatable bonds is 6. The Morgan fingerprint density at radius 2 is 1.88 bits per heavy atom. The Hall–Kier alpha value is -3.32. The number of ether oxygens (including phenoxy) is 1. The van der Waals surface area contributed by atoms with Crippen LogP contribution in [0.25, 0.3) is 0 Å². The first-order chi connectivity index (χ1) is 16.3. The first-order valence-electron chi connectivity index (χ1n) is 11.2. The van der Waals surface area contributed by atoms with E-state index in [2.05, 4.69) is 16.4 Å². The SMILES string of the molecule is COC(=O)C1=C(C)N=C2SC=C(CC(=O)N[C@H](C)c3ccccc3)N2[C@@H]1c1ccc(C)cc1C. The summed E-state index contributed by atoms with van der Waals surface area (Å²) < 4.78 is 5.14. The van der Waals surface area contributed by atoms with E-state index in [9.17, 15) is 9.59 Å². The fourth-order valence-electron chi connectivity index (χ4n) is 4.45. The second-order valence-electron chi connectivity index (χ2n) is 8.62. The van der Waals surface area contributed by atoms with Gasteiger partial charge in [0.15, 0.2) is 5.17 Å². The number of thioether (sulfide) groups is 1. The van der Waals surface area contributed by atoms with E-state index < -0.39 is 12.0 Å². The van der Waals surface area contributed by atoms with E-state index in [-0.39, 0.29) is 18.4 Å². The molecular weight excluding hydrogens is 446 g/mol. The van der Waals surface area contributed by atoms with Gasteiger partial charge < -0.3 is 15.0 Å². The Morgan fingerprint density at radius 1 is 1.15 bits per heavy atom. The molecule has 2 atom stereocenters. The van der Waals surface area contributed by atoms with E-state index >= 15 is 0 Å². The first-order valence-corrected chi connectivity index (χ1v) is 12.1. The number of nitrogens with one attached hydrogen (secondary N) is 1. The highest BCUT2D eigenvalue weighted by atomic mass is 32.2. The number of amides is 1. The van der Waals surface area contributed by atoms with Gasteiger partial charge in [0, 0.05) is 5.70 Å². The maximum Gasteiger partial charge on any atom is 0.338 e. The van der Waals surface area contributed by atoms with Crippen molar-refractivity contribution in [1.29, 1.82) is 0 Å². The summed E-state index contributed by atoms with van der Waals surface area (Å²) in [5, 5.41) is 5.80. The molecule has 1 amide bonds. The lowest BCUT2D eigenvalue weighted by atomic mass is 9.90. The molecule has 0 saturated carbocycles. The predicted molar refractivity (Wildman–Crippen MR) is 136 cm³/mol. The molecule has 176 valence electrons. The van der Waals surface area contributed by atoms with Crippen molar-refractivity contribution < 1.29 is 14.3 Å². The van der Waals surface area contributed by atoms with Crippen LogP contribution in [0.15, 0.2) is 75.9 Å². The molecule has 2 heterocycles. The van der Waals surface area contributed by atoms with E-state index in [1.807, 2.05) is 80.5 Å². The van der Waals surface area contributed by atoms with Crippen molar-refractivity contribution >= 4 is 28.8 Å². The van der Waals surface area contributed by atoms with Crippen molar-refractivity contribution in [2.24, 2.45) is 4.99 Å². The molecule has 6 nitrogen and oxygen atoms in total. The van der Waals surface area contributed by atoms with Gasteiger partial charge in [0.2, 0.25) is 5.91 Å². The Balaban J connectivity index is 1.65. The van der Waals surface area contributed by atoms with Crippen LogP contribution in [0.1, 0.15) is 54.6 Å². The lowest BCUT2D eigenvalue weighted by Gasteiger charge is -2.37. The maximum absolute atomic E-state index is 13.0. The minimum atomic E-state index is -0.416. The number of esters is 1. The minimum Gasteiger partial charge on any atom is -0.466 e. The highest BCUT2D eigenvalue weighted by Gasteiger charge is 2.41. The summed E-state index contributed by atoms with van der Waals surface area (Å²) in [4.78, 5) is 32.6. The summed E-state index contributed by atoms with van der Waals surface area (Å²) in [6, 6.07) is 15.5. The van der Waals surface area contributed by atoms with Crippen molar-refractivity contribution in [2.45, 2.75) is 46.2 Å². The Bertz CT molecular complexity index is 1220. The number of carbonyl (C=O) groups is 2. The second kappa shape index (κ2) is 9.89. The zero-order chi connectivity index (χ0) is 24.4. The topological polar surface area (TPSA) is 71.0 Å². The molecule has 0 spiro atoms. The van der Waals surface area contributed by atoms with E-state index in [1.54, 1.807) is 0 Å². The quantitative estimate of drug-likeness (QED) is 0.573. The van der Waals surface area contributed by atoms with Crippen LogP contribution in [-0.4, -0.2) is 29.1 Å². The van der Waals surface area contributed by atoms with E-state index in [4.69, 9.17) is 4.74 Å². The molecule has 0 radical (unpaired) electrons. The lowest BCUT2D eigenvalue weighted by molar-refractivity contribution is -0.136. The summed E-state index contributed by atoms with van der Waals surface area (Å²) in [7, 11) is 1.38. The molecule has 4 rings (SSSR count). The monoisotopic (exact) mass is 475 g/mol. The van der Waals surface area contributed by atoms with Crippen LogP contribution in [0.5, 0.6) is 0 Å². The van der Waals surface area contributed by atoms with Gasteiger partial charge in [0.25, 0.3) is 0 Å². The number of aryl methyl sites for hydroxylation is 2. The first kappa shape index (κ1) is 23.8. The molecule has 2 aromatic rings. The number of hydrogen-bond donors (Lipinski definition) is 1. The number of fused-ring (bicyclic) bond motifs is 1. The summed E-state index contributed by atoms with van der Waals surface area (Å²) >= 11 is 1.47. The van der Waals surface area contributed by atoms with Crippen LogP contribution in [0.4, 0.5) is 0 Å². The van der Waals surface area contributed by atoms with Crippen molar-refractivity contribution in [1.82, 2.24) is 10.2 Å². The Labute approximate surface area is 204 Å². The van der Waals surface area contributed by atoms with Gasteiger partial charge >= 0.3 is 5.97 Å². The van der Waals surface area contributed by atoms with E-state index in [0.717, 1.165) is 33.1 Å². The van der Waals surface area contributed by atoms with Gasteiger partial charge in [-0.3, -0.25) is 4.79 Å². The van der Waals surface area contributed by atoms with Crippen molar-refractivity contribution in [2.75, 3.05) is 7.11 Å². The molecule has 0 aromatic heterocycles. The zero-order valence-electron chi connectivity index (χ0n) is 20.1. The van der Waals surface area contributed by atoms with Gasteiger partial charge in [-0.25, -0.2) is 9.79 Å². The lowest BCUT2D eigenvalue weighted by Crippen LogP contribution is -2.38. The number of benzene rings is 2. The molecule has 2 aromatic carbocycles. The number of nitrogens with zero attached hydrogens (tertiary/aromatic N) is 2. The average Bonchev–Trinajstić information content (AvgIpc) is 3.20. The number of amidine groups is 1. The summed E-state index contributed by atoms with van der Waals surface area (Å²) in [6.45, 7) is 7.89. The third-order valence-corrected chi connectivity index (χ3v) is 7.03. The smallest absolute Gasteiger partial charge is 0.338 e. The molecule has 7 heteroatoms. The predicted octanol–water partition coefficient (Wildman–Crippen LogP) is 5.32. The summed E-state index contributed by atoms with van der Waals surface area (Å²) in [5.74, 6) is -0.501. The zero-order valence-corrected chi connectivity index (χ0v) is 20.9. The molecule has 0 bridgehead atoms. The third kappa shape index (κ3) is 4.66. The van der Waals surface area contributed by atoms with Gasteiger partial charge in [-0.15, -0.1) is 0 Å². The second-order valence-corrected chi connectivity index (χ2v) is 9.46. The minimum absolute atomic E-state index is 0.0882. The van der Waals surface area contributed by atoms with E-state index in [1.165, 1.54) is 18.9 Å². The fraction of sp³-hybridized carbons (Fsp3) is 0.296. The Kier molecular flexibility index (Phi) is 6.93. The standard InChI is InChI=1S/C27H29N3O3S/c1-16-11-12-22(17(2)13-16)25-24(26(32)33-5)19(4)29-27-30(25)21(15-34-27)14-23(31)28-18(3)20-9-7-6-8-10-20/h6-13,15,18,25H,14H2,1-5H3,(H,28,31)/t18-,25-/m1/s1. The van der Waals surface area contributed by atoms with Crippen molar-refractivity contribution in [3.63, 3.8) is 0 Å². The highest BCUT2D eigenvalue weighted by Crippen LogP contribution is 2.45. The molecule has 0 unspecified atom stereocenters. The largest absolute Gasteiger partial charge is 0.466 e. The normalized spacial score (nSPS) is 18.1. The molecule has 2 aliphatic heterocycles. The van der Waals surface area contributed by atoms with Gasteiger partial charge in [-0.1, -0.05) is 65.9 Å². The van der Waals surface area contributed by atoms with Gasteiger partial charge in [-0.05, 0) is 49.8 Å².